The number of hydrogen-bond acceptors (Lipinski definition) is 4. The monoisotopic (exact) mass is 344 g/mol. The Morgan fingerprint density at radius 3 is 2.67 bits per heavy atom. The van der Waals surface area contributed by atoms with Crippen LogP contribution in [0.5, 0.6) is 5.75 Å². The number of halogens is 1. The molecule has 0 aliphatic heterocycles. The average molecular weight is 345 g/mol. The Morgan fingerprint density at radius 1 is 1.17 bits per heavy atom. The largest absolute Gasteiger partial charge is 0.491 e. The van der Waals surface area contributed by atoms with Crippen LogP contribution in [-0.4, -0.2) is 33.8 Å². The number of ether oxygens (including phenoxy) is 1. The maximum absolute atomic E-state index is 10.3. The van der Waals surface area contributed by atoms with E-state index in [-0.39, 0.29) is 6.61 Å². The molecule has 0 aliphatic rings. The van der Waals surface area contributed by atoms with Crippen molar-refractivity contribution in [1.82, 2.24) is 4.57 Å². The Labute approximate surface area is 144 Å². The summed E-state index contributed by atoms with van der Waals surface area (Å²) in [6.45, 7) is 0.533. The lowest BCUT2D eigenvalue weighted by Gasteiger charge is -2.14. The number of para-hydroxylation sites is 1. The number of fused-ring (bicyclic) bond motifs is 1. The third kappa shape index (κ3) is 3.69. The summed E-state index contributed by atoms with van der Waals surface area (Å²) in [4.78, 5) is 0. The van der Waals surface area contributed by atoms with Gasteiger partial charge < -0.3 is 19.6 Å². The molecule has 124 valence electrons. The van der Waals surface area contributed by atoms with Crippen molar-refractivity contribution in [3.05, 3.63) is 65.3 Å². The Morgan fingerprint density at radius 2 is 1.92 bits per heavy atom. The van der Waals surface area contributed by atoms with Crippen molar-refractivity contribution in [3.8, 4) is 5.75 Å². The number of oxime groups is 1. The highest BCUT2D eigenvalue weighted by Crippen LogP contribution is 2.21. The molecule has 0 bridgehead atoms. The Bertz CT molecular complexity index is 843. The second-order valence-corrected chi connectivity index (χ2v) is 5.85. The molecule has 6 heteroatoms. The van der Waals surface area contributed by atoms with Crippen molar-refractivity contribution in [3.63, 3.8) is 0 Å². The van der Waals surface area contributed by atoms with E-state index in [0.29, 0.717) is 17.3 Å². The molecular weight excluding hydrogens is 328 g/mol. The van der Waals surface area contributed by atoms with Gasteiger partial charge in [-0.15, -0.1) is 0 Å². The molecule has 1 unspecified atom stereocenters. The van der Waals surface area contributed by atoms with E-state index in [9.17, 15) is 5.11 Å². The van der Waals surface area contributed by atoms with Crippen LogP contribution in [0, 0.1) is 0 Å². The Kier molecular flexibility index (Phi) is 5.03. The third-order valence-electron chi connectivity index (χ3n) is 3.68. The fourth-order valence-corrected chi connectivity index (χ4v) is 2.72. The highest BCUT2D eigenvalue weighted by atomic mass is 35.5. The molecule has 0 saturated heterocycles. The zero-order chi connectivity index (χ0) is 16.9. The van der Waals surface area contributed by atoms with Crippen LogP contribution in [0.1, 0.15) is 5.56 Å². The summed E-state index contributed by atoms with van der Waals surface area (Å²) in [7, 11) is 0. The molecule has 5 nitrogen and oxygen atoms in total. The summed E-state index contributed by atoms with van der Waals surface area (Å²) in [5, 5.41) is 23.7. The van der Waals surface area contributed by atoms with E-state index in [1.807, 2.05) is 35.0 Å². The van der Waals surface area contributed by atoms with Crippen LogP contribution in [0.3, 0.4) is 0 Å². The summed E-state index contributed by atoms with van der Waals surface area (Å²) < 4.78 is 7.49. The van der Waals surface area contributed by atoms with Crippen LogP contribution in [0.4, 0.5) is 0 Å². The van der Waals surface area contributed by atoms with E-state index in [0.717, 1.165) is 16.5 Å². The number of nitrogens with zero attached hydrogens (tertiary/aromatic N) is 2. The molecule has 0 spiro atoms. The lowest BCUT2D eigenvalue weighted by Crippen LogP contribution is -2.23. The summed E-state index contributed by atoms with van der Waals surface area (Å²) in [6, 6.07) is 14.7. The summed E-state index contributed by atoms with van der Waals surface area (Å²) in [5.74, 6) is 0.656. The molecule has 0 fully saturated rings. The van der Waals surface area contributed by atoms with E-state index in [1.54, 1.807) is 24.3 Å². The zero-order valence-corrected chi connectivity index (χ0v) is 13.6. The minimum atomic E-state index is -0.685. The Hall–Kier alpha value is -2.50. The number of aliphatic hydroxyl groups excluding tert-OH is 1. The predicted octanol–water partition coefficient (Wildman–Crippen LogP) is 3.54. The fourth-order valence-electron chi connectivity index (χ4n) is 2.59. The van der Waals surface area contributed by atoms with E-state index in [2.05, 4.69) is 5.16 Å². The highest BCUT2D eigenvalue weighted by Gasteiger charge is 2.11. The molecular formula is C18H17ClN2O3. The first-order valence-corrected chi connectivity index (χ1v) is 7.87. The quantitative estimate of drug-likeness (QED) is 0.408. The van der Waals surface area contributed by atoms with Crippen molar-refractivity contribution in [1.29, 1.82) is 0 Å². The number of hydrogen-bond donors (Lipinski definition) is 2. The zero-order valence-electron chi connectivity index (χ0n) is 12.8. The van der Waals surface area contributed by atoms with Gasteiger partial charge in [-0.25, -0.2) is 0 Å². The van der Waals surface area contributed by atoms with E-state index in [1.165, 1.54) is 6.21 Å². The van der Waals surface area contributed by atoms with Gasteiger partial charge in [0, 0.05) is 27.7 Å². The summed E-state index contributed by atoms with van der Waals surface area (Å²) in [5.41, 5.74) is 1.75. The van der Waals surface area contributed by atoms with E-state index in [4.69, 9.17) is 21.5 Å². The average Bonchev–Trinajstić information content (AvgIpc) is 2.93. The van der Waals surface area contributed by atoms with Crippen LogP contribution in [0.25, 0.3) is 10.9 Å². The standard InChI is InChI=1S/C18H17ClN2O3/c19-14-5-7-16(8-6-14)24-12-15(22)11-21-10-13(9-20-23)17-3-1-2-4-18(17)21/h1-10,15,22-23H,11-12H2. The van der Waals surface area contributed by atoms with Crippen molar-refractivity contribution < 1.29 is 15.1 Å². The van der Waals surface area contributed by atoms with Gasteiger partial charge in [-0.3, -0.25) is 0 Å². The maximum Gasteiger partial charge on any atom is 0.119 e. The molecule has 1 aromatic heterocycles. The smallest absolute Gasteiger partial charge is 0.119 e. The van der Waals surface area contributed by atoms with Gasteiger partial charge in [-0.1, -0.05) is 35.0 Å². The van der Waals surface area contributed by atoms with Crippen molar-refractivity contribution >= 4 is 28.7 Å². The highest BCUT2D eigenvalue weighted by molar-refractivity contribution is 6.30. The van der Waals surface area contributed by atoms with Gasteiger partial charge in [-0.2, -0.15) is 0 Å². The normalized spacial score (nSPS) is 12.8. The lowest BCUT2D eigenvalue weighted by molar-refractivity contribution is 0.0936. The second-order valence-electron chi connectivity index (χ2n) is 5.42. The third-order valence-corrected chi connectivity index (χ3v) is 3.93. The number of benzene rings is 2. The lowest BCUT2D eigenvalue weighted by atomic mass is 10.2. The molecule has 3 rings (SSSR count). The van der Waals surface area contributed by atoms with Gasteiger partial charge in [0.25, 0.3) is 0 Å². The Balaban J connectivity index is 1.71. The predicted molar refractivity (Wildman–Crippen MR) is 94.3 cm³/mol. The minimum absolute atomic E-state index is 0.164. The van der Waals surface area contributed by atoms with Crippen molar-refractivity contribution in [2.24, 2.45) is 5.16 Å². The molecule has 0 amide bonds. The number of rotatable bonds is 6. The maximum atomic E-state index is 10.3. The molecule has 0 aliphatic carbocycles. The molecule has 2 aromatic carbocycles. The van der Waals surface area contributed by atoms with E-state index < -0.39 is 6.10 Å². The molecule has 0 saturated carbocycles. The molecule has 3 aromatic rings. The van der Waals surface area contributed by atoms with Crippen molar-refractivity contribution in [2.75, 3.05) is 6.61 Å². The summed E-state index contributed by atoms with van der Waals surface area (Å²) in [6.07, 6.45) is 2.54. The van der Waals surface area contributed by atoms with Gasteiger partial charge in [-0.05, 0) is 30.3 Å². The van der Waals surface area contributed by atoms with Crippen LogP contribution in [0.2, 0.25) is 5.02 Å². The van der Waals surface area contributed by atoms with E-state index >= 15 is 0 Å². The first kappa shape index (κ1) is 16.4. The number of aromatic nitrogens is 1. The fraction of sp³-hybridized carbons (Fsp3) is 0.167. The van der Waals surface area contributed by atoms with Crippen LogP contribution < -0.4 is 4.74 Å². The number of aliphatic hydroxyl groups is 1. The minimum Gasteiger partial charge on any atom is -0.491 e. The van der Waals surface area contributed by atoms with Crippen LogP contribution >= 0.6 is 11.6 Å². The summed E-state index contributed by atoms with van der Waals surface area (Å²) >= 11 is 5.83. The van der Waals surface area contributed by atoms with Gasteiger partial charge in [0.15, 0.2) is 0 Å². The molecule has 1 atom stereocenters. The second kappa shape index (κ2) is 7.38. The molecule has 2 N–H and O–H groups in total. The first-order valence-electron chi connectivity index (χ1n) is 7.49. The van der Waals surface area contributed by atoms with Gasteiger partial charge in [0.1, 0.15) is 18.5 Å². The van der Waals surface area contributed by atoms with Gasteiger partial charge in [0.2, 0.25) is 0 Å². The van der Waals surface area contributed by atoms with Crippen molar-refractivity contribution in [2.45, 2.75) is 12.6 Å². The molecule has 24 heavy (non-hydrogen) atoms. The first-order chi connectivity index (χ1) is 11.7. The van der Waals surface area contributed by atoms with Crippen LogP contribution in [0.15, 0.2) is 59.9 Å². The van der Waals surface area contributed by atoms with Gasteiger partial charge in [0.05, 0.1) is 12.8 Å². The SMILES string of the molecule is ON=Cc1cn(CC(O)COc2ccc(Cl)cc2)c2ccccc12. The topological polar surface area (TPSA) is 67.0 Å². The van der Waals surface area contributed by atoms with Crippen LogP contribution in [-0.2, 0) is 6.54 Å². The van der Waals surface area contributed by atoms with Gasteiger partial charge >= 0.3 is 0 Å². The molecule has 1 heterocycles. The molecule has 0 radical (unpaired) electrons.